The topological polar surface area (TPSA) is 54.5 Å². The SMILES string of the molecule is Cc1ncc(-c2nc3c(C#N)cccc3n2C)s1. The summed E-state index contributed by atoms with van der Waals surface area (Å²) in [4.78, 5) is 9.85. The summed E-state index contributed by atoms with van der Waals surface area (Å²) in [5.74, 6) is 0.860. The van der Waals surface area contributed by atoms with Crippen LogP contribution < -0.4 is 0 Å². The maximum Gasteiger partial charge on any atom is 0.152 e. The molecule has 0 fully saturated rings. The third-order valence-corrected chi connectivity index (χ3v) is 3.78. The number of benzene rings is 1. The number of fused-ring (bicyclic) bond motifs is 1. The van der Waals surface area contributed by atoms with Crippen molar-refractivity contribution in [1.29, 1.82) is 5.26 Å². The highest BCUT2D eigenvalue weighted by Crippen LogP contribution is 2.28. The van der Waals surface area contributed by atoms with Gasteiger partial charge in [-0.25, -0.2) is 9.97 Å². The summed E-state index contributed by atoms with van der Waals surface area (Å²) in [6.45, 7) is 1.97. The Hall–Kier alpha value is -2.19. The van der Waals surface area contributed by atoms with Crippen molar-refractivity contribution in [2.45, 2.75) is 6.92 Å². The molecular weight excluding hydrogens is 244 g/mol. The number of para-hydroxylation sites is 1. The van der Waals surface area contributed by atoms with Crippen LogP contribution in [0.3, 0.4) is 0 Å². The fraction of sp³-hybridized carbons (Fsp3) is 0.154. The summed E-state index contributed by atoms with van der Waals surface area (Å²) < 4.78 is 2.00. The van der Waals surface area contributed by atoms with E-state index in [2.05, 4.69) is 16.0 Å². The lowest BCUT2D eigenvalue weighted by Gasteiger charge is -1.98. The third-order valence-electron chi connectivity index (χ3n) is 2.87. The fourth-order valence-electron chi connectivity index (χ4n) is 1.99. The molecule has 0 aliphatic rings. The Morgan fingerprint density at radius 1 is 1.39 bits per heavy atom. The second kappa shape index (κ2) is 3.93. The molecule has 88 valence electrons. The van der Waals surface area contributed by atoms with Crippen molar-refractivity contribution >= 4 is 22.4 Å². The quantitative estimate of drug-likeness (QED) is 0.671. The summed E-state index contributed by atoms with van der Waals surface area (Å²) in [5, 5.41) is 10.1. The summed E-state index contributed by atoms with van der Waals surface area (Å²) in [5.41, 5.74) is 2.33. The number of aryl methyl sites for hydroxylation is 2. The van der Waals surface area contributed by atoms with E-state index in [1.807, 2.05) is 36.9 Å². The number of aromatic nitrogens is 3. The molecule has 0 N–H and O–H groups in total. The van der Waals surface area contributed by atoms with Crippen molar-refractivity contribution in [3.63, 3.8) is 0 Å². The van der Waals surface area contributed by atoms with Crippen LogP contribution in [0.1, 0.15) is 10.6 Å². The van der Waals surface area contributed by atoms with E-state index >= 15 is 0 Å². The molecular formula is C13H10N4S. The van der Waals surface area contributed by atoms with E-state index in [0.29, 0.717) is 5.56 Å². The van der Waals surface area contributed by atoms with Gasteiger partial charge in [0.25, 0.3) is 0 Å². The predicted molar refractivity (Wildman–Crippen MR) is 71.3 cm³/mol. The van der Waals surface area contributed by atoms with Crippen LogP contribution in [-0.4, -0.2) is 14.5 Å². The zero-order valence-corrected chi connectivity index (χ0v) is 10.8. The van der Waals surface area contributed by atoms with E-state index in [-0.39, 0.29) is 0 Å². The minimum absolute atomic E-state index is 0.607. The van der Waals surface area contributed by atoms with Crippen LogP contribution in [0, 0.1) is 18.3 Å². The predicted octanol–water partition coefficient (Wildman–Crippen LogP) is 2.88. The fourth-order valence-corrected chi connectivity index (χ4v) is 2.79. The van der Waals surface area contributed by atoms with Gasteiger partial charge >= 0.3 is 0 Å². The Morgan fingerprint density at radius 2 is 2.22 bits per heavy atom. The molecule has 0 unspecified atom stereocenters. The van der Waals surface area contributed by atoms with Crippen LogP contribution in [0.5, 0.6) is 0 Å². The van der Waals surface area contributed by atoms with Crippen molar-refractivity contribution in [1.82, 2.24) is 14.5 Å². The Morgan fingerprint density at radius 3 is 2.89 bits per heavy atom. The molecule has 0 aliphatic carbocycles. The smallest absolute Gasteiger partial charge is 0.152 e. The first kappa shape index (κ1) is 10.9. The molecule has 0 spiro atoms. The van der Waals surface area contributed by atoms with Crippen LogP contribution >= 0.6 is 11.3 Å². The standard InChI is InChI=1S/C13H10N4S/c1-8-15-7-11(18-8)13-16-12-9(6-14)4-3-5-10(12)17(13)2/h3-5,7H,1-2H3. The Kier molecular flexibility index (Phi) is 2.39. The number of nitrogens with zero attached hydrogens (tertiary/aromatic N) is 4. The summed E-state index contributed by atoms with van der Waals surface area (Å²) in [7, 11) is 1.96. The number of imidazole rings is 1. The van der Waals surface area contributed by atoms with Gasteiger partial charge in [0.1, 0.15) is 11.6 Å². The van der Waals surface area contributed by atoms with E-state index in [1.54, 1.807) is 17.4 Å². The van der Waals surface area contributed by atoms with Crippen LogP contribution in [0.15, 0.2) is 24.4 Å². The van der Waals surface area contributed by atoms with Gasteiger partial charge < -0.3 is 4.57 Å². The molecule has 0 saturated carbocycles. The molecule has 1 aromatic carbocycles. The molecule has 3 rings (SSSR count). The molecule has 0 atom stereocenters. The van der Waals surface area contributed by atoms with Gasteiger partial charge in [-0.05, 0) is 19.1 Å². The largest absolute Gasteiger partial charge is 0.326 e. The lowest BCUT2D eigenvalue weighted by molar-refractivity contribution is 0.962. The molecule has 4 nitrogen and oxygen atoms in total. The van der Waals surface area contributed by atoms with Crippen molar-refractivity contribution in [3.8, 4) is 16.8 Å². The van der Waals surface area contributed by atoms with E-state index in [9.17, 15) is 0 Å². The first-order valence-electron chi connectivity index (χ1n) is 5.49. The molecule has 2 aromatic heterocycles. The van der Waals surface area contributed by atoms with Crippen LogP contribution in [0.4, 0.5) is 0 Å². The van der Waals surface area contributed by atoms with E-state index in [1.165, 1.54) is 0 Å². The first-order chi connectivity index (χ1) is 8.70. The van der Waals surface area contributed by atoms with E-state index in [0.717, 1.165) is 26.7 Å². The second-order valence-electron chi connectivity index (χ2n) is 4.02. The number of rotatable bonds is 1. The molecule has 18 heavy (non-hydrogen) atoms. The van der Waals surface area contributed by atoms with E-state index < -0.39 is 0 Å². The molecule has 5 heteroatoms. The van der Waals surface area contributed by atoms with Gasteiger partial charge in [-0.3, -0.25) is 0 Å². The maximum absolute atomic E-state index is 9.10. The monoisotopic (exact) mass is 254 g/mol. The van der Waals surface area contributed by atoms with Crippen LogP contribution in [0.2, 0.25) is 0 Å². The summed E-state index contributed by atoms with van der Waals surface area (Å²) >= 11 is 1.61. The molecule has 2 heterocycles. The summed E-state index contributed by atoms with van der Waals surface area (Å²) in [6.07, 6.45) is 1.83. The maximum atomic E-state index is 9.10. The lowest BCUT2D eigenvalue weighted by Crippen LogP contribution is -1.90. The Bertz CT molecular complexity index is 776. The van der Waals surface area contributed by atoms with Crippen molar-refractivity contribution < 1.29 is 0 Å². The molecule has 0 aliphatic heterocycles. The Labute approximate surface area is 108 Å². The third kappa shape index (κ3) is 1.50. The van der Waals surface area contributed by atoms with Crippen molar-refractivity contribution in [2.24, 2.45) is 7.05 Å². The normalized spacial score (nSPS) is 10.7. The van der Waals surface area contributed by atoms with Crippen molar-refractivity contribution in [3.05, 3.63) is 35.0 Å². The molecule has 0 radical (unpaired) electrons. The van der Waals surface area contributed by atoms with Crippen LogP contribution in [0.25, 0.3) is 21.7 Å². The van der Waals surface area contributed by atoms with E-state index in [4.69, 9.17) is 5.26 Å². The lowest BCUT2D eigenvalue weighted by atomic mass is 10.2. The number of hydrogen-bond donors (Lipinski definition) is 0. The second-order valence-corrected chi connectivity index (χ2v) is 5.26. The van der Waals surface area contributed by atoms with Gasteiger partial charge in [0.15, 0.2) is 5.82 Å². The van der Waals surface area contributed by atoms with Gasteiger partial charge in [-0.2, -0.15) is 5.26 Å². The van der Waals surface area contributed by atoms with Gasteiger partial charge in [-0.15, -0.1) is 11.3 Å². The average molecular weight is 254 g/mol. The first-order valence-corrected chi connectivity index (χ1v) is 6.30. The zero-order valence-electron chi connectivity index (χ0n) is 10.0. The minimum atomic E-state index is 0.607. The average Bonchev–Trinajstić information content (AvgIpc) is 2.94. The molecule has 0 amide bonds. The number of hydrogen-bond acceptors (Lipinski definition) is 4. The molecule has 0 saturated heterocycles. The number of thiazole rings is 1. The molecule has 0 bridgehead atoms. The van der Waals surface area contributed by atoms with Gasteiger partial charge in [0.2, 0.25) is 0 Å². The Balaban J connectivity index is 2.33. The van der Waals surface area contributed by atoms with Crippen LogP contribution in [-0.2, 0) is 7.05 Å². The van der Waals surface area contributed by atoms with Gasteiger partial charge in [-0.1, -0.05) is 6.07 Å². The highest BCUT2D eigenvalue weighted by atomic mass is 32.1. The number of nitriles is 1. The molecule has 3 aromatic rings. The summed E-state index contributed by atoms with van der Waals surface area (Å²) in [6, 6.07) is 7.82. The zero-order chi connectivity index (χ0) is 12.7. The van der Waals surface area contributed by atoms with Gasteiger partial charge in [0.05, 0.1) is 21.0 Å². The highest BCUT2D eigenvalue weighted by Gasteiger charge is 2.14. The van der Waals surface area contributed by atoms with Gasteiger partial charge in [0, 0.05) is 13.2 Å². The highest BCUT2D eigenvalue weighted by molar-refractivity contribution is 7.15. The van der Waals surface area contributed by atoms with Crippen molar-refractivity contribution in [2.75, 3.05) is 0 Å². The minimum Gasteiger partial charge on any atom is -0.326 e.